The fourth-order valence-electron chi connectivity index (χ4n) is 4.07. The van der Waals surface area contributed by atoms with Gasteiger partial charge >= 0.3 is 0 Å². The van der Waals surface area contributed by atoms with Gasteiger partial charge in [0.15, 0.2) is 0 Å². The van der Waals surface area contributed by atoms with Crippen LogP contribution in [0.1, 0.15) is 43.0 Å². The maximum Gasteiger partial charge on any atom is 0.254 e. The Morgan fingerprint density at radius 2 is 2.24 bits per heavy atom. The summed E-state index contributed by atoms with van der Waals surface area (Å²) in [6.45, 7) is 5.43. The fraction of sp³-hybridized carbons (Fsp3) is 0.542. The Bertz CT molecular complexity index is 1040. The molecule has 1 saturated carbocycles. The van der Waals surface area contributed by atoms with Crippen LogP contribution in [-0.2, 0) is 9.47 Å². The molecule has 1 amide bonds. The maximum absolute atomic E-state index is 11.7. The van der Waals surface area contributed by atoms with Crippen LogP contribution in [0.3, 0.4) is 0 Å². The second-order valence-corrected chi connectivity index (χ2v) is 9.56. The fourth-order valence-corrected chi connectivity index (χ4v) is 4.07. The highest BCUT2D eigenvalue weighted by Crippen LogP contribution is 2.34. The van der Waals surface area contributed by atoms with E-state index in [9.17, 15) is 4.79 Å². The van der Waals surface area contributed by atoms with Crippen molar-refractivity contribution in [1.29, 1.82) is 0 Å². The third-order valence-corrected chi connectivity index (χ3v) is 6.32. The van der Waals surface area contributed by atoms with Crippen LogP contribution in [0.2, 0.25) is 0 Å². The number of rotatable bonds is 8. The molecule has 1 aliphatic carbocycles. The molecule has 5 rings (SSSR count). The van der Waals surface area contributed by atoms with Crippen molar-refractivity contribution in [2.45, 2.75) is 44.2 Å². The van der Waals surface area contributed by atoms with E-state index in [1.807, 2.05) is 18.2 Å². The van der Waals surface area contributed by atoms with Crippen molar-refractivity contribution in [3.05, 3.63) is 30.0 Å². The van der Waals surface area contributed by atoms with E-state index in [0.29, 0.717) is 43.5 Å². The molecule has 10 heteroatoms. The molecule has 1 unspecified atom stereocenters. The summed E-state index contributed by atoms with van der Waals surface area (Å²) in [7, 11) is 0. The number of carbonyl (C=O) groups is 1. The van der Waals surface area contributed by atoms with Crippen LogP contribution in [0.15, 0.2) is 24.4 Å². The van der Waals surface area contributed by atoms with E-state index in [4.69, 9.17) is 19.9 Å². The predicted octanol–water partition coefficient (Wildman–Crippen LogP) is 2.90. The Kier molecular flexibility index (Phi) is 6.42. The van der Waals surface area contributed by atoms with Crippen molar-refractivity contribution < 1.29 is 19.0 Å². The molecule has 2 aliphatic heterocycles. The van der Waals surface area contributed by atoms with Gasteiger partial charge in [-0.3, -0.25) is 4.79 Å². The Labute approximate surface area is 199 Å². The molecule has 2 fully saturated rings. The van der Waals surface area contributed by atoms with Gasteiger partial charge in [0, 0.05) is 37.0 Å². The van der Waals surface area contributed by atoms with Gasteiger partial charge in [0.05, 0.1) is 24.5 Å². The highest BCUT2D eigenvalue weighted by atomic mass is 16.5. The first-order valence-corrected chi connectivity index (χ1v) is 11.9. The number of anilines is 4. The predicted molar refractivity (Wildman–Crippen MR) is 129 cm³/mol. The topological polar surface area (TPSA) is 133 Å². The summed E-state index contributed by atoms with van der Waals surface area (Å²) >= 11 is 0. The number of fused-ring (bicyclic) bond motifs is 1. The molecule has 1 aromatic carbocycles. The molecule has 182 valence electrons. The van der Waals surface area contributed by atoms with E-state index in [0.717, 1.165) is 56.0 Å². The minimum absolute atomic E-state index is 0.286. The normalized spacial score (nSPS) is 24.2. The number of ether oxygens (including phenoxy) is 3. The average molecular weight is 469 g/mol. The van der Waals surface area contributed by atoms with Crippen molar-refractivity contribution in [3.63, 3.8) is 0 Å². The van der Waals surface area contributed by atoms with Crippen LogP contribution < -0.4 is 26.4 Å². The van der Waals surface area contributed by atoms with Gasteiger partial charge in [0.1, 0.15) is 23.8 Å². The standard InChI is InChI=1S/C24H32N6O4/c1-24(34-12-15-3-2-8-32-11-15)13-27-19-9-17(6-7-20(19)33-14-24)29-23-26-10-18(21(25)31)22(30-23)28-16-4-5-16/h6-7,9-10,15-16,27H,2-5,8,11-14H2,1H3,(H2,25,31)(H2,26,28,29,30)/t15?,24-/m1/s1. The molecule has 5 N–H and O–H groups in total. The van der Waals surface area contributed by atoms with Crippen molar-refractivity contribution in [2.75, 3.05) is 48.9 Å². The monoisotopic (exact) mass is 468 g/mol. The van der Waals surface area contributed by atoms with Crippen molar-refractivity contribution >= 4 is 29.0 Å². The first-order chi connectivity index (χ1) is 16.5. The van der Waals surface area contributed by atoms with Crippen molar-refractivity contribution in [3.8, 4) is 5.75 Å². The zero-order chi connectivity index (χ0) is 23.5. The van der Waals surface area contributed by atoms with Crippen molar-refractivity contribution in [1.82, 2.24) is 9.97 Å². The van der Waals surface area contributed by atoms with Crippen LogP contribution in [-0.4, -0.2) is 60.5 Å². The summed E-state index contributed by atoms with van der Waals surface area (Å²) in [5, 5.41) is 9.92. The van der Waals surface area contributed by atoms with Gasteiger partial charge in [-0.1, -0.05) is 0 Å². The molecule has 0 radical (unpaired) electrons. The van der Waals surface area contributed by atoms with Gasteiger partial charge in [-0.15, -0.1) is 0 Å². The maximum atomic E-state index is 11.7. The van der Waals surface area contributed by atoms with Crippen LogP contribution >= 0.6 is 0 Å². The SMILES string of the molecule is C[C@@]1(OCC2CCCOC2)CNc2cc(Nc3ncc(C(N)=O)c(NC4CC4)n3)ccc2OC1. The molecular formula is C24H32N6O4. The van der Waals surface area contributed by atoms with Crippen molar-refractivity contribution in [2.24, 2.45) is 11.7 Å². The lowest BCUT2D eigenvalue weighted by atomic mass is 10.0. The quantitative estimate of drug-likeness (QED) is 0.461. The Hall–Kier alpha value is -3.11. The van der Waals surface area contributed by atoms with Gasteiger partial charge < -0.3 is 35.9 Å². The molecule has 2 aromatic rings. The second kappa shape index (κ2) is 9.63. The zero-order valence-electron chi connectivity index (χ0n) is 19.4. The highest BCUT2D eigenvalue weighted by Gasteiger charge is 2.31. The molecular weight excluding hydrogens is 436 g/mol. The Morgan fingerprint density at radius 3 is 3.00 bits per heavy atom. The van der Waals surface area contributed by atoms with E-state index in [1.54, 1.807) is 0 Å². The van der Waals surface area contributed by atoms with Gasteiger partial charge in [0.25, 0.3) is 5.91 Å². The van der Waals surface area contributed by atoms with E-state index < -0.39 is 11.5 Å². The van der Waals surface area contributed by atoms with E-state index in [-0.39, 0.29) is 5.56 Å². The number of aromatic nitrogens is 2. The van der Waals surface area contributed by atoms with Gasteiger partial charge in [-0.2, -0.15) is 4.98 Å². The summed E-state index contributed by atoms with van der Waals surface area (Å²) in [5.41, 5.74) is 6.97. The molecule has 10 nitrogen and oxygen atoms in total. The number of carbonyl (C=O) groups excluding carboxylic acids is 1. The molecule has 3 aliphatic rings. The zero-order valence-corrected chi connectivity index (χ0v) is 19.4. The van der Waals surface area contributed by atoms with E-state index in [1.165, 1.54) is 6.20 Å². The van der Waals surface area contributed by atoms with Gasteiger partial charge in [-0.05, 0) is 50.8 Å². The molecule has 2 atom stereocenters. The Morgan fingerprint density at radius 1 is 1.35 bits per heavy atom. The number of hydrogen-bond acceptors (Lipinski definition) is 9. The summed E-state index contributed by atoms with van der Waals surface area (Å²) in [5.74, 6) is 1.49. The van der Waals surface area contributed by atoms with Gasteiger partial charge in [0.2, 0.25) is 5.95 Å². The minimum atomic E-state index is -0.553. The van der Waals surface area contributed by atoms with E-state index >= 15 is 0 Å². The first-order valence-electron chi connectivity index (χ1n) is 11.9. The summed E-state index contributed by atoms with van der Waals surface area (Å²) in [6, 6.07) is 6.10. The highest BCUT2D eigenvalue weighted by molar-refractivity contribution is 5.97. The number of nitrogens with one attached hydrogen (secondary N) is 3. The summed E-state index contributed by atoms with van der Waals surface area (Å²) in [4.78, 5) is 20.5. The third kappa shape index (κ3) is 5.51. The summed E-state index contributed by atoms with van der Waals surface area (Å²) < 4.78 is 17.9. The summed E-state index contributed by atoms with van der Waals surface area (Å²) in [6.07, 6.45) is 5.79. The lowest BCUT2D eigenvalue weighted by molar-refractivity contribution is -0.0817. The largest absolute Gasteiger partial charge is 0.488 e. The number of nitrogens with two attached hydrogens (primary N) is 1. The first kappa shape index (κ1) is 22.7. The number of nitrogens with zero attached hydrogens (tertiary/aromatic N) is 2. The van der Waals surface area contributed by atoms with Crippen LogP contribution in [0, 0.1) is 5.92 Å². The molecule has 1 aromatic heterocycles. The lowest BCUT2D eigenvalue weighted by Crippen LogP contribution is -2.43. The number of hydrogen-bond donors (Lipinski definition) is 4. The van der Waals surface area contributed by atoms with E-state index in [2.05, 4.69) is 32.8 Å². The van der Waals surface area contributed by atoms with Crippen LogP contribution in [0.5, 0.6) is 5.75 Å². The number of benzene rings is 1. The second-order valence-electron chi connectivity index (χ2n) is 9.56. The average Bonchev–Trinajstić information content (AvgIpc) is 3.67. The smallest absolute Gasteiger partial charge is 0.254 e. The molecule has 1 saturated heterocycles. The third-order valence-electron chi connectivity index (χ3n) is 6.32. The Balaban J connectivity index is 1.24. The number of primary amides is 1. The molecule has 3 heterocycles. The van der Waals surface area contributed by atoms with Crippen LogP contribution in [0.25, 0.3) is 0 Å². The lowest BCUT2D eigenvalue weighted by Gasteiger charge is -2.31. The number of amides is 1. The molecule has 0 spiro atoms. The van der Waals surface area contributed by atoms with Gasteiger partial charge in [-0.25, -0.2) is 4.98 Å². The molecule has 0 bridgehead atoms. The minimum Gasteiger partial charge on any atom is -0.488 e. The molecule has 34 heavy (non-hydrogen) atoms. The van der Waals surface area contributed by atoms with Crippen LogP contribution in [0.4, 0.5) is 23.1 Å².